The van der Waals surface area contributed by atoms with Gasteiger partial charge in [-0.3, -0.25) is 4.90 Å². The normalized spacial score (nSPS) is 21.3. The summed E-state index contributed by atoms with van der Waals surface area (Å²) in [6.45, 7) is 6.85. The maximum Gasteiger partial charge on any atom is 0.410 e. The van der Waals surface area contributed by atoms with E-state index in [1.807, 2.05) is 30.3 Å². The third kappa shape index (κ3) is 4.71. The second-order valence-corrected chi connectivity index (χ2v) is 7.33. The number of nitrogens with zero attached hydrogens (tertiary/aromatic N) is 1. The molecule has 0 spiro atoms. The maximum atomic E-state index is 12.3. The minimum Gasteiger partial charge on any atom is -0.480 e. The zero-order valence-electron chi connectivity index (χ0n) is 14.0. The van der Waals surface area contributed by atoms with Gasteiger partial charge in [0, 0.05) is 6.54 Å². The molecule has 23 heavy (non-hydrogen) atoms. The first-order valence-electron chi connectivity index (χ1n) is 7.98. The van der Waals surface area contributed by atoms with E-state index in [0.717, 1.165) is 12.0 Å². The van der Waals surface area contributed by atoms with Crippen LogP contribution in [-0.4, -0.2) is 34.7 Å². The van der Waals surface area contributed by atoms with Gasteiger partial charge in [-0.2, -0.15) is 0 Å². The van der Waals surface area contributed by atoms with Crippen molar-refractivity contribution in [3.63, 3.8) is 0 Å². The van der Waals surface area contributed by atoms with Crippen molar-refractivity contribution in [2.24, 2.45) is 11.3 Å². The van der Waals surface area contributed by atoms with Gasteiger partial charge in [-0.1, -0.05) is 51.1 Å². The fourth-order valence-electron chi connectivity index (χ4n) is 3.20. The van der Waals surface area contributed by atoms with E-state index in [-0.39, 0.29) is 17.9 Å². The molecule has 126 valence electrons. The summed E-state index contributed by atoms with van der Waals surface area (Å²) in [5.74, 6) is -0.981. The Morgan fingerprint density at radius 2 is 1.91 bits per heavy atom. The quantitative estimate of drug-likeness (QED) is 0.922. The van der Waals surface area contributed by atoms with Crippen molar-refractivity contribution >= 4 is 12.1 Å². The first-order valence-corrected chi connectivity index (χ1v) is 7.98. The Morgan fingerprint density at radius 3 is 2.48 bits per heavy atom. The summed E-state index contributed by atoms with van der Waals surface area (Å²) in [4.78, 5) is 25.3. The first-order chi connectivity index (χ1) is 10.8. The zero-order valence-corrected chi connectivity index (χ0v) is 14.0. The number of hydrogen-bond acceptors (Lipinski definition) is 3. The molecule has 1 heterocycles. The van der Waals surface area contributed by atoms with Gasteiger partial charge >= 0.3 is 12.1 Å². The van der Waals surface area contributed by atoms with Gasteiger partial charge < -0.3 is 9.84 Å². The van der Waals surface area contributed by atoms with E-state index in [1.165, 1.54) is 4.90 Å². The number of hydrogen-bond donors (Lipinski definition) is 1. The number of aliphatic carboxylic acids is 1. The van der Waals surface area contributed by atoms with Gasteiger partial charge in [-0.05, 0) is 29.7 Å². The number of carboxylic acids is 1. The molecule has 1 fully saturated rings. The largest absolute Gasteiger partial charge is 0.480 e. The molecule has 0 saturated carbocycles. The summed E-state index contributed by atoms with van der Waals surface area (Å²) < 4.78 is 5.29. The fraction of sp³-hybridized carbons (Fsp3) is 0.556. The molecule has 1 saturated heterocycles. The van der Waals surface area contributed by atoms with E-state index in [2.05, 4.69) is 20.8 Å². The van der Waals surface area contributed by atoms with E-state index in [9.17, 15) is 14.7 Å². The molecule has 0 aliphatic carbocycles. The summed E-state index contributed by atoms with van der Waals surface area (Å²) in [5.41, 5.74) is 0.917. The Hall–Kier alpha value is -2.04. The van der Waals surface area contributed by atoms with Gasteiger partial charge in [-0.15, -0.1) is 0 Å². The second-order valence-electron chi connectivity index (χ2n) is 7.33. The number of rotatable bonds is 4. The zero-order chi connectivity index (χ0) is 17.0. The van der Waals surface area contributed by atoms with Gasteiger partial charge in [0.1, 0.15) is 12.6 Å². The molecular formula is C18H25NO4. The van der Waals surface area contributed by atoms with Gasteiger partial charge in [0.2, 0.25) is 0 Å². The lowest BCUT2D eigenvalue weighted by Gasteiger charge is -2.28. The number of carbonyl (C=O) groups is 2. The lowest BCUT2D eigenvalue weighted by atomic mass is 9.81. The van der Waals surface area contributed by atoms with Crippen LogP contribution < -0.4 is 0 Å². The Morgan fingerprint density at radius 1 is 1.26 bits per heavy atom. The van der Waals surface area contributed by atoms with Crippen LogP contribution in [0.3, 0.4) is 0 Å². The highest BCUT2D eigenvalue weighted by Gasteiger charge is 2.43. The van der Waals surface area contributed by atoms with Crippen molar-refractivity contribution in [2.75, 3.05) is 6.54 Å². The van der Waals surface area contributed by atoms with Crippen LogP contribution in [-0.2, 0) is 16.1 Å². The minimum atomic E-state index is -0.951. The molecule has 2 atom stereocenters. The summed E-state index contributed by atoms with van der Waals surface area (Å²) in [6.07, 6.45) is 0.929. The Bertz CT molecular complexity index is 550. The molecule has 0 bridgehead atoms. The lowest BCUT2D eigenvalue weighted by molar-refractivity contribution is -0.143. The average molecular weight is 319 g/mol. The molecule has 0 radical (unpaired) electrons. The van der Waals surface area contributed by atoms with E-state index in [1.54, 1.807) is 0 Å². The Balaban J connectivity index is 2.00. The van der Waals surface area contributed by atoms with E-state index in [0.29, 0.717) is 13.0 Å². The maximum absolute atomic E-state index is 12.3. The highest BCUT2D eigenvalue weighted by Crippen LogP contribution is 2.35. The van der Waals surface area contributed by atoms with E-state index in [4.69, 9.17) is 4.74 Å². The highest BCUT2D eigenvalue weighted by molar-refractivity contribution is 5.81. The second kappa shape index (κ2) is 7.02. The molecule has 1 aliphatic heterocycles. The molecule has 1 N–H and O–H groups in total. The van der Waals surface area contributed by atoms with Crippen LogP contribution in [0.5, 0.6) is 0 Å². The number of carbonyl (C=O) groups excluding carboxylic acids is 1. The van der Waals surface area contributed by atoms with Crippen molar-refractivity contribution in [1.82, 2.24) is 4.90 Å². The predicted octanol–water partition coefficient (Wildman–Crippen LogP) is 3.53. The Labute approximate surface area is 137 Å². The van der Waals surface area contributed by atoms with Gasteiger partial charge in [0.25, 0.3) is 0 Å². The van der Waals surface area contributed by atoms with E-state index < -0.39 is 18.1 Å². The van der Waals surface area contributed by atoms with Crippen LogP contribution in [0.15, 0.2) is 30.3 Å². The van der Waals surface area contributed by atoms with Crippen LogP contribution in [0.25, 0.3) is 0 Å². The van der Waals surface area contributed by atoms with Crippen LogP contribution in [0.1, 0.15) is 39.2 Å². The van der Waals surface area contributed by atoms with Crippen LogP contribution in [0.2, 0.25) is 0 Å². The lowest BCUT2D eigenvalue weighted by Crippen LogP contribution is -2.44. The van der Waals surface area contributed by atoms with Crippen molar-refractivity contribution < 1.29 is 19.4 Å². The van der Waals surface area contributed by atoms with Crippen LogP contribution in [0.4, 0.5) is 4.79 Å². The SMILES string of the molecule is CC(C)(C)C[C@H]1CCN(C(=O)OCc2ccccc2)[C@@H]1C(=O)O. The third-order valence-corrected chi connectivity index (χ3v) is 4.09. The predicted molar refractivity (Wildman–Crippen MR) is 86.9 cm³/mol. The Kier molecular flexibility index (Phi) is 5.29. The van der Waals surface area contributed by atoms with Gasteiger partial charge in [-0.25, -0.2) is 9.59 Å². The fourth-order valence-corrected chi connectivity index (χ4v) is 3.20. The van der Waals surface area contributed by atoms with Crippen LogP contribution in [0, 0.1) is 11.3 Å². The molecule has 0 aromatic heterocycles. The summed E-state index contributed by atoms with van der Waals surface area (Å²) in [6, 6.07) is 8.58. The average Bonchev–Trinajstić information content (AvgIpc) is 2.87. The molecule has 1 aromatic rings. The molecule has 1 aliphatic rings. The number of likely N-dealkylation sites (tertiary alicyclic amines) is 1. The van der Waals surface area contributed by atoms with Gasteiger partial charge in [0.05, 0.1) is 0 Å². The highest BCUT2D eigenvalue weighted by atomic mass is 16.6. The summed E-state index contributed by atoms with van der Waals surface area (Å²) in [5, 5.41) is 9.54. The number of ether oxygens (including phenoxy) is 1. The first kappa shape index (κ1) is 17.3. The standard InChI is InChI=1S/C18H25NO4/c1-18(2,3)11-14-9-10-19(15(14)16(20)21)17(22)23-12-13-7-5-4-6-8-13/h4-8,14-15H,9-12H2,1-3H3,(H,20,21)/t14-,15+/m1/s1. The number of carboxylic acid groups (broad SMARTS) is 1. The van der Waals surface area contributed by atoms with Crippen molar-refractivity contribution in [3.8, 4) is 0 Å². The third-order valence-electron chi connectivity index (χ3n) is 4.09. The van der Waals surface area contributed by atoms with Crippen molar-refractivity contribution in [3.05, 3.63) is 35.9 Å². The molecule has 5 heteroatoms. The van der Waals surface area contributed by atoms with Crippen LogP contribution >= 0.6 is 0 Å². The number of amides is 1. The summed E-state index contributed by atoms with van der Waals surface area (Å²) in [7, 11) is 0. The molecule has 0 unspecified atom stereocenters. The topological polar surface area (TPSA) is 66.8 Å². The monoisotopic (exact) mass is 319 g/mol. The van der Waals surface area contributed by atoms with E-state index >= 15 is 0 Å². The molecular weight excluding hydrogens is 294 g/mol. The van der Waals surface area contributed by atoms with Crippen molar-refractivity contribution in [2.45, 2.75) is 46.3 Å². The minimum absolute atomic E-state index is 0.0301. The molecule has 1 amide bonds. The smallest absolute Gasteiger partial charge is 0.410 e. The van der Waals surface area contributed by atoms with Crippen molar-refractivity contribution in [1.29, 1.82) is 0 Å². The summed E-state index contributed by atoms with van der Waals surface area (Å²) >= 11 is 0. The van der Waals surface area contributed by atoms with Gasteiger partial charge in [0.15, 0.2) is 0 Å². The molecule has 5 nitrogen and oxygen atoms in total. The molecule has 2 rings (SSSR count). The number of benzene rings is 1. The molecule has 1 aromatic carbocycles.